The molecule has 2 rings (SSSR count). The first kappa shape index (κ1) is 12.9. The second-order valence-electron chi connectivity index (χ2n) is 4.08. The Balaban J connectivity index is 2.13. The normalized spacial score (nSPS) is 12.2. The number of hydrogen-bond acceptors (Lipinski definition) is 2. The molecule has 0 aliphatic heterocycles. The summed E-state index contributed by atoms with van der Waals surface area (Å²) >= 11 is 3.38. The summed E-state index contributed by atoms with van der Waals surface area (Å²) in [5.41, 5.74) is 1.74. The van der Waals surface area contributed by atoms with Gasteiger partial charge in [0.2, 0.25) is 0 Å². The van der Waals surface area contributed by atoms with E-state index in [0.717, 1.165) is 10.0 Å². The Morgan fingerprint density at radius 1 is 1.17 bits per heavy atom. The Bertz CT molecular complexity index is 542. The molecule has 0 radical (unpaired) electrons. The van der Waals surface area contributed by atoms with Gasteiger partial charge in [0.25, 0.3) is 0 Å². The highest BCUT2D eigenvalue weighted by atomic mass is 79.9. The van der Waals surface area contributed by atoms with Crippen LogP contribution < -0.4 is 5.32 Å². The predicted octanol–water partition coefficient (Wildman–Crippen LogP) is 4.47. The molecule has 0 fully saturated rings. The van der Waals surface area contributed by atoms with Gasteiger partial charge in [0.1, 0.15) is 0 Å². The average molecular weight is 310 g/mol. The molecular weight excluding hydrogens is 297 g/mol. The molecule has 94 valence electrons. The Labute approximate surface area is 114 Å². The molecule has 0 aromatic heterocycles. The largest absolute Gasteiger partial charge is 0.505 e. The summed E-state index contributed by atoms with van der Waals surface area (Å²) in [6.45, 7) is 1.99. The zero-order chi connectivity index (χ0) is 13.1. The number of phenolic OH excluding ortho intramolecular Hbond substituents is 1. The summed E-state index contributed by atoms with van der Waals surface area (Å²) in [5, 5.41) is 12.3. The molecule has 1 atom stereocenters. The molecule has 0 amide bonds. The molecule has 0 aliphatic carbocycles. The molecule has 1 unspecified atom stereocenters. The Morgan fingerprint density at radius 2 is 1.83 bits per heavy atom. The Hall–Kier alpha value is -1.55. The fraction of sp³-hybridized carbons (Fsp3) is 0.143. The van der Waals surface area contributed by atoms with Gasteiger partial charge >= 0.3 is 0 Å². The van der Waals surface area contributed by atoms with Crippen molar-refractivity contribution in [2.45, 2.75) is 13.0 Å². The molecule has 2 aromatic carbocycles. The molecule has 0 aliphatic rings. The fourth-order valence-corrected chi connectivity index (χ4v) is 1.95. The highest BCUT2D eigenvalue weighted by molar-refractivity contribution is 9.10. The second-order valence-corrected chi connectivity index (χ2v) is 5.00. The number of halogens is 2. The third kappa shape index (κ3) is 3.01. The smallest absolute Gasteiger partial charge is 0.166 e. The third-order valence-electron chi connectivity index (χ3n) is 2.70. The molecule has 2 nitrogen and oxygen atoms in total. The number of rotatable bonds is 3. The van der Waals surface area contributed by atoms with Crippen LogP contribution in [0.1, 0.15) is 18.5 Å². The standard InChI is InChI=1S/C14H13BrFNO/c1-9(10-2-4-11(15)5-3-10)17-12-6-7-14(18)13(16)8-12/h2-9,17-18H,1H3. The van der Waals surface area contributed by atoms with Gasteiger partial charge in [0, 0.05) is 22.3 Å². The quantitative estimate of drug-likeness (QED) is 0.820. The second kappa shape index (κ2) is 5.40. The zero-order valence-corrected chi connectivity index (χ0v) is 11.4. The first-order chi connectivity index (χ1) is 8.56. The summed E-state index contributed by atoms with van der Waals surface area (Å²) in [4.78, 5) is 0. The minimum Gasteiger partial charge on any atom is -0.505 e. The van der Waals surface area contributed by atoms with Crippen molar-refractivity contribution in [3.8, 4) is 5.75 Å². The van der Waals surface area contributed by atoms with Crippen LogP contribution in [0.3, 0.4) is 0 Å². The van der Waals surface area contributed by atoms with Crippen LogP contribution in [0.4, 0.5) is 10.1 Å². The zero-order valence-electron chi connectivity index (χ0n) is 9.82. The van der Waals surface area contributed by atoms with Crippen LogP contribution in [0.15, 0.2) is 46.9 Å². The summed E-state index contributed by atoms with van der Waals surface area (Å²) in [7, 11) is 0. The number of nitrogens with one attached hydrogen (secondary N) is 1. The van der Waals surface area contributed by atoms with Gasteiger partial charge in [-0.3, -0.25) is 0 Å². The minimum atomic E-state index is -0.622. The van der Waals surface area contributed by atoms with Crippen molar-refractivity contribution in [3.63, 3.8) is 0 Å². The van der Waals surface area contributed by atoms with Crippen molar-refractivity contribution in [2.75, 3.05) is 5.32 Å². The number of anilines is 1. The van der Waals surface area contributed by atoms with Gasteiger partial charge in [-0.15, -0.1) is 0 Å². The van der Waals surface area contributed by atoms with Crippen LogP contribution in [0, 0.1) is 5.82 Å². The lowest BCUT2D eigenvalue weighted by Crippen LogP contribution is -2.06. The van der Waals surface area contributed by atoms with Crippen LogP contribution in [0.5, 0.6) is 5.75 Å². The SMILES string of the molecule is CC(Nc1ccc(O)c(F)c1)c1ccc(Br)cc1. The molecule has 18 heavy (non-hydrogen) atoms. The van der Waals surface area contributed by atoms with E-state index in [1.165, 1.54) is 12.1 Å². The highest BCUT2D eigenvalue weighted by Crippen LogP contribution is 2.24. The number of hydrogen-bond donors (Lipinski definition) is 2. The van der Waals surface area contributed by atoms with Crippen LogP contribution in [0.25, 0.3) is 0 Å². The predicted molar refractivity (Wildman–Crippen MR) is 74.2 cm³/mol. The Morgan fingerprint density at radius 3 is 2.44 bits per heavy atom. The van der Waals surface area contributed by atoms with Gasteiger partial charge in [-0.2, -0.15) is 0 Å². The van der Waals surface area contributed by atoms with Gasteiger partial charge in [0.15, 0.2) is 11.6 Å². The third-order valence-corrected chi connectivity index (χ3v) is 3.23. The van der Waals surface area contributed by atoms with Gasteiger partial charge in [-0.1, -0.05) is 28.1 Å². The lowest BCUT2D eigenvalue weighted by Gasteiger charge is -2.16. The fourth-order valence-electron chi connectivity index (χ4n) is 1.68. The van der Waals surface area contributed by atoms with Crippen molar-refractivity contribution >= 4 is 21.6 Å². The monoisotopic (exact) mass is 309 g/mol. The lowest BCUT2D eigenvalue weighted by atomic mass is 10.1. The maximum atomic E-state index is 13.2. The van der Waals surface area contributed by atoms with Crippen LogP contribution in [-0.4, -0.2) is 5.11 Å². The average Bonchev–Trinajstić information content (AvgIpc) is 2.34. The van der Waals surface area contributed by atoms with E-state index >= 15 is 0 Å². The number of benzene rings is 2. The first-order valence-electron chi connectivity index (χ1n) is 5.57. The van der Waals surface area contributed by atoms with E-state index in [1.54, 1.807) is 6.07 Å². The van der Waals surface area contributed by atoms with Crippen molar-refractivity contribution in [3.05, 3.63) is 58.3 Å². The van der Waals surface area contributed by atoms with E-state index in [2.05, 4.69) is 21.2 Å². The van der Waals surface area contributed by atoms with E-state index in [-0.39, 0.29) is 11.8 Å². The molecular formula is C14H13BrFNO. The topological polar surface area (TPSA) is 32.3 Å². The maximum absolute atomic E-state index is 13.2. The van der Waals surface area contributed by atoms with E-state index in [9.17, 15) is 4.39 Å². The van der Waals surface area contributed by atoms with Gasteiger partial charge in [-0.05, 0) is 36.8 Å². The highest BCUT2D eigenvalue weighted by Gasteiger charge is 2.07. The van der Waals surface area contributed by atoms with Crippen LogP contribution in [0.2, 0.25) is 0 Å². The van der Waals surface area contributed by atoms with Gasteiger partial charge in [0.05, 0.1) is 0 Å². The summed E-state index contributed by atoms with van der Waals surface area (Å²) in [5.74, 6) is -0.958. The summed E-state index contributed by atoms with van der Waals surface area (Å²) in [6, 6.07) is 12.2. The number of phenols is 1. The van der Waals surface area contributed by atoms with Crippen LogP contribution >= 0.6 is 15.9 Å². The van der Waals surface area contributed by atoms with Gasteiger partial charge < -0.3 is 10.4 Å². The molecule has 0 bridgehead atoms. The molecule has 0 saturated heterocycles. The number of aromatic hydroxyl groups is 1. The lowest BCUT2D eigenvalue weighted by molar-refractivity contribution is 0.432. The van der Waals surface area contributed by atoms with E-state index in [4.69, 9.17) is 5.11 Å². The molecule has 0 saturated carbocycles. The van der Waals surface area contributed by atoms with Gasteiger partial charge in [-0.25, -0.2) is 4.39 Å². The van der Waals surface area contributed by atoms with Crippen molar-refractivity contribution < 1.29 is 9.50 Å². The summed E-state index contributed by atoms with van der Waals surface area (Å²) < 4.78 is 14.2. The minimum absolute atomic E-state index is 0.0574. The van der Waals surface area contributed by atoms with Crippen LogP contribution in [-0.2, 0) is 0 Å². The van der Waals surface area contributed by atoms with Crippen molar-refractivity contribution in [1.29, 1.82) is 0 Å². The van der Waals surface area contributed by atoms with E-state index < -0.39 is 5.82 Å². The van der Waals surface area contributed by atoms with Crippen molar-refractivity contribution in [2.24, 2.45) is 0 Å². The summed E-state index contributed by atoms with van der Waals surface area (Å²) in [6.07, 6.45) is 0. The molecule has 2 aromatic rings. The van der Waals surface area contributed by atoms with E-state index in [1.807, 2.05) is 31.2 Å². The Kier molecular flexibility index (Phi) is 3.87. The van der Waals surface area contributed by atoms with Crippen molar-refractivity contribution in [1.82, 2.24) is 0 Å². The molecule has 4 heteroatoms. The molecule has 0 spiro atoms. The molecule has 2 N–H and O–H groups in total. The molecule has 0 heterocycles. The first-order valence-corrected chi connectivity index (χ1v) is 6.36. The maximum Gasteiger partial charge on any atom is 0.166 e. The van der Waals surface area contributed by atoms with E-state index in [0.29, 0.717) is 5.69 Å².